The maximum atomic E-state index is 14.0. The van der Waals surface area contributed by atoms with Gasteiger partial charge in [-0.2, -0.15) is 4.31 Å². The number of nitrogens with zero attached hydrogens (tertiary/aromatic N) is 4. The summed E-state index contributed by atoms with van der Waals surface area (Å²) in [4.78, 5) is 35.1. The van der Waals surface area contributed by atoms with Crippen LogP contribution >= 0.6 is 11.3 Å². The van der Waals surface area contributed by atoms with Gasteiger partial charge in [-0.1, -0.05) is 58.0 Å². The minimum absolute atomic E-state index is 0.0267. The minimum atomic E-state index is -3.99. The number of sulfonamides is 1. The molecule has 1 unspecified atom stereocenters. The molecule has 3 atom stereocenters. The van der Waals surface area contributed by atoms with Gasteiger partial charge in [0.1, 0.15) is 16.8 Å². The van der Waals surface area contributed by atoms with Gasteiger partial charge in [-0.3, -0.25) is 4.79 Å². The van der Waals surface area contributed by atoms with Crippen LogP contribution in [0.1, 0.15) is 38.3 Å². The number of amides is 3. The summed E-state index contributed by atoms with van der Waals surface area (Å²) < 4.78 is 34.0. The lowest BCUT2D eigenvalue weighted by molar-refractivity contribution is -0.128. The standard InChI is InChI=1S/C33H45N5O6S2/c1-23(2)20-37(46(42,43)27-13-11-26(44-5)12-14-27)21-29(39)28(19-25-9-7-6-8-10-25)35-32(40)31(24(3)4)38-17-16-36(33(38)41)22-30-34-15-18-45-30/h6-15,18,23-24,28-29,31,39H,16-17,19-22H2,1-5H3,(H,35,40)/t28-,29+,31?/m0/s1. The van der Waals surface area contributed by atoms with Crippen molar-refractivity contribution in [3.8, 4) is 5.75 Å². The first-order valence-corrected chi connectivity index (χ1v) is 17.8. The van der Waals surface area contributed by atoms with E-state index in [1.807, 2.05) is 63.4 Å². The van der Waals surface area contributed by atoms with Crippen LogP contribution in [0, 0.1) is 11.8 Å². The number of hydrogen-bond donors (Lipinski definition) is 2. The molecule has 1 aliphatic rings. The number of hydrogen-bond acceptors (Lipinski definition) is 8. The predicted octanol–water partition coefficient (Wildman–Crippen LogP) is 3.85. The van der Waals surface area contributed by atoms with Gasteiger partial charge in [-0.25, -0.2) is 18.2 Å². The molecule has 0 spiro atoms. The Kier molecular flexibility index (Phi) is 12.2. The van der Waals surface area contributed by atoms with Gasteiger partial charge >= 0.3 is 6.03 Å². The van der Waals surface area contributed by atoms with Gasteiger partial charge in [-0.15, -0.1) is 11.3 Å². The second kappa shape index (κ2) is 15.9. The average Bonchev–Trinajstić information content (AvgIpc) is 3.67. The number of thiazole rings is 1. The Balaban J connectivity index is 1.57. The molecule has 0 bridgehead atoms. The van der Waals surface area contributed by atoms with Crippen LogP contribution in [0.15, 0.2) is 71.1 Å². The first-order valence-electron chi connectivity index (χ1n) is 15.5. The highest BCUT2D eigenvalue weighted by molar-refractivity contribution is 7.89. The molecule has 0 saturated carbocycles. The van der Waals surface area contributed by atoms with Crippen molar-refractivity contribution in [3.63, 3.8) is 0 Å². The molecule has 1 aromatic heterocycles. The molecule has 11 nitrogen and oxygen atoms in total. The van der Waals surface area contributed by atoms with Crippen LogP contribution in [0.2, 0.25) is 0 Å². The van der Waals surface area contributed by atoms with Crippen molar-refractivity contribution in [3.05, 3.63) is 76.7 Å². The van der Waals surface area contributed by atoms with E-state index in [4.69, 9.17) is 4.74 Å². The molecule has 3 aromatic rings. The molecule has 2 aromatic carbocycles. The number of ether oxygens (including phenoxy) is 1. The van der Waals surface area contributed by atoms with E-state index in [9.17, 15) is 23.1 Å². The molecule has 0 aliphatic carbocycles. The smallest absolute Gasteiger partial charge is 0.321 e. The topological polar surface area (TPSA) is 132 Å². The Morgan fingerprint density at radius 1 is 1.07 bits per heavy atom. The van der Waals surface area contributed by atoms with Crippen molar-refractivity contribution in [2.75, 3.05) is 33.3 Å². The van der Waals surface area contributed by atoms with Crippen LogP contribution in [0.4, 0.5) is 4.79 Å². The zero-order valence-electron chi connectivity index (χ0n) is 27.1. The largest absolute Gasteiger partial charge is 0.497 e. The zero-order valence-corrected chi connectivity index (χ0v) is 28.7. The van der Waals surface area contributed by atoms with E-state index < -0.39 is 34.1 Å². The third-order valence-corrected chi connectivity index (χ3v) is 10.5. The normalized spacial score (nSPS) is 15.9. The van der Waals surface area contributed by atoms with E-state index in [-0.39, 0.29) is 42.3 Å². The number of carbonyl (C=O) groups excluding carboxylic acids is 2. The number of aromatic nitrogens is 1. The molecule has 1 saturated heterocycles. The number of methoxy groups -OCH3 is 1. The Morgan fingerprint density at radius 2 is 1.76 bits per heavy atom. The SMILES string of the molecule is COc1ccc(S(=O)(=O)N(CC(C)C)C[C@@H](O)[C@H](Cc2ccccc2)NC(=O)C(C(C)C)N2CCN(Cc3nccs3)C2=O)cc1. The maximum absolute atomic E-state index is 14.0. The van der Waals surface area contributed by atoms with Gasteiger partial charge in [0.25, 0.3) is 0 Å². The molecule has 1 fully saturated rings. The molecule has 1 aliphatic heterocycles. The Labute approximate surface area is 276 Å². The molecule has 3 amide bonds. The Bertz CT molecular complexity index is 1520. The third kappa shape index (κ3) is 8.84. The van der Waals surface area contributed by atoms with Crippen LogP contribution in [0.25, 0.3) is 0 Å². The Hall–Kier alpha value is -3.52. The summed E-state index contributed by atoms with van der Waals surface area (Å²) in [6, 6.07) is 13.7. The maximum Gasteiger partial charge on any atom is 0.321 e. The molecular formula is C33H45N5O6S2. The van der Waals surface area contributed by atoms with Crippen molar-refractivity contribution < 1.29 is 27.9 Å². The summed E-state index contributed by atoms with van der Waals surface area (Å²) in [5.41, 5.74) is 0.869. The quantitative estimate of drug-likeness (QED) is 0.237. The fraction of sp³-hybridized carbons (Fsp3) is 0.485. The summed E-state index contributed by atoms with van der Waals surface area (Å²) in [6.45, 7) is 8.75. The summed E-state index contributed by atoms with van der Waals surface area (Å²) >= 11 is 1.47. The summed E-state index contributed by atoms with van der Waals surface area (Å²) in [5.74, 6) is -0.109. The van der Waals surface area contributed by atoms with E-state index in [2.05, 4.69) is 10.3 Å². The van der Waals surface area contributed by atoms with Gasteiger partial charge in [0, 0.05) is 37.8 Å². The van der Waals surface area contributed by atoms with Crippen molar-refractivity contribution in [2.24, 2.45) is 11.8 Å². The molecule has 2 heterocycles. The first-order chi connectivity index (χ1) is 21.9. The fourth-order valence-corrected chi connectivity index (χ4v) is 7.89. The summed E-state index contributed by atoms with van der Waals surface area (Å²) in [7, 11) is -2.48. The number of aliphatic hydroxyl groups is 1. The fourth-order valence-electron chi connectivity index (χ4n) is 5.63. The molecule has 0 radical (unpaired) electrons. The highest BCUT2D eigenvalue weighted by Gasteiger charge is 2.40. The van der Waals surface area contributed by atoms with Crippen molar-refractivity contribution in [2.45, 2.75) is 63.7 Å². The van der Waals surface area contributed by atoms with Crippen LogP contribution < -0.4 is 10.1 Å². The van der Waals surface area contributed by atoms with Crippen molar-refractivity contribution in [1.29, 1.82) is 0 Å². The zero-order chi connectivity index (χ0) is 33.4. The number of rotatable bonds is 16. The second-order valence-corrected chi connectivity index (χ2v) is 15.2. The predicted molar refractivity (Wildman–Crippen MR) is 178 cm³/mol. The summed E-state index contributed by atoms with van der Waals surface area (Å²) in [5, 5.41) is 17.4. The minimum Gasteiger partial charge on any atom is -0.497 e. The van der Waals surface area contributed by atoms with Gasteiger partial charge in [-0.05, 0) is 48.1 Å². The van der Waals surface area contributed by atoms with Crippen LogP contribution in [0.5, 0.6) is 5.75 Å². The van der Waals surface area contributed by atoms with Gasteiger partial charge in [0.2, 0.25) is 15.9 Å². The number of aliphatic hydroxyl groups excluding tert-OH is 1. The van der Waals surface area contributed by atoms with E-state index >= 15 is 0 Å². The van der Waals surface area contributed by atoms with Crippen molar-refractivity contribution >= 4 is 33.3 Å². The lowest BCUT2D eigenvalue weighted by atomic mass is 9.97. The monoisotopic (exact) mass is 671 g/mol. The average molecular weight is 672 g/mol. The lowest BCUT2D eigenvalue weighted by Crippen LogP contribution is -2.57. The molecule has 13 heteroatoms. The Morgan fingerprint density at radius 3 is 2.35 bits per heavy atom. The number of nitrogens with one attached hydrogen (secondary N) is 1. The lowest BCUT2D eigenvalue weighted by Gasteiger charge is -2.34. The molecule has 2 N–H and O–H groups in total. The molecular weight excluding hydrogens is 627 g/mol. The number of urea groups is 1. The van der Waals surface area contributed by atoms with Crippen LogP contribution in [0.3, 0.4) is 0 Å². The molecule has 4 rings (SSSR count). The van der Waals surface area contributed by atoms with E-state index in [1.54, 1.807) is 28.1 Å². The van der Waals surface area contributed by atoms with Crippen LogP contribution in [-0.4, -0.2) is 96.0 Å². The van der Waals surface area contributed by atoms with E-state index in [1.165, 1.54) is 34.9 Å². The first kappa shape index (κ1) is 35.3. The third-order valence-electron chi connectivity index (χ3n) is 7.92. The van der Waals surface area contributed by atoms with E-state index in [0.717, 1.165) is 10.6 Å². The van der Waals surface area contributed by atoms with Gasteiger partial charge in [0.05, 0.1) is 30.7 Å². The van der Waals surface area contributed by atoms with Crippen LogP contribution in [-0.2, 0) is 27.8 Å². The molecule has 46 heavy (non-hydrogen) atoms. The number of carbonyl (C=O) groups is 2. The molecule has 250 valence electrons. The summed E-state index contributed by atoms with van der Waals surface area (Å²) in [6.07, 6.45) is 0.714. The second-order valence-electron chi connectivity index (χ2n) is 12.3. The van der Waals surface area contributed by atoms with Gasteiger partial charge in [0.15, 0.2) is 0 Å². The highest BCUT2D eigenvalue weighted by Crippen LogP contribution is 2.24. The number of benzene rings is 2. The van der Waals surface area contributed by atoms with Crippen molar-refractivity contribution in [1.82, 2.24) is 24.4 Å². The van der Waals surface area contributed by atoms with Gasteiger partial charge < -0.3 is 25.0 Å². The highest BCUT2D eigenvalue weighted by atomic mass is 32.2. The van der Waals surface area contributed by atoms with E-state index in [0.29, 0.717) is 25.4 Å².